The maximum Gasteiger partial charge on any atom is 0.136 e. The zero-order chi connectivity index (χ0) is 50.0. The Morgan fingerprint density at radius 3 is 2.06 bits per heavy atom. The fourth-order valence-corrected chi connectivity index (χ4v) is 7.99. The number of nitrogens with zero attached hydrogens (tertiary/aromatic N) is 2. The van der Waals surface area contributed by atoms with Crippen LogP contribution in [-0.2, 0) is 6.42 Å². The molecule has 2 unspecified atom stereocenters. The Kier molecular flexibility index (Phi) is 23.3. The summed E-state index contributed by atoms with van der Waals surface area (Å²) in [6.45, 7) is 31.5. The van der Waals surface area contributed by atoms with E-state index in [1.165, 1.54) is 51.1 Å². The van der Waals surface area contributed by atoms with E-state index in [4.69, 9.17) is 4.99 Å². The van der Waals surface area contributed by atoms with Crippen molar-refractivity contribution in [1.82, 2.24) is 0 Å². The average molecular weight is 909 g/mol. The van der Waals surface area contributed by atoms with E-state index in [2.05, 4.69) is 219 Å². The van der Waals surface area contributed by atoms with Crippen molar-refractivity contribution in [2.24, 2.45) is 4.99 Å². The Labute approximate surface area is 418 Å². The minimum Gasteiger partial charge on any atom is -0.340 e. The molecule has 0 aromatic heterocycles. The van der Waals surface area contributed by atoms with E-state index in [-0.39, 0.29) is 12.1 Å². The van der Waals surface area contributed by atoms with Crippen LogP contribution in [0.3, 0.4) is 0 Å². The average Bonchev–Trinajstić information content (AvgIpc) is 3.37. The largest absolute Gasteiger partial charge is 0.340 e. The minimum absolute atomic E-state index is 0.180. The van der Waals surface area contributed by atoms with E-state index < -0.39 is 0 Å². The fraction of sp³-hybridized carbons (Fsp3) is 0.239. The molecule has 0 fully saturated rings. The van der Waals surface area contributed by atoms with Crippen molar-refractivity contribution in [3.63, 3.8) is 0 Å². The molecule has 69 heavy (non-hydrogen) atoms. The summed E-state index contributed by atoms with van der Waals surface area (Å²) >= 11 is 0. The summed E-state index contributed by atoms with van der Waals surface area (Å²) in [5.41, 5.74) is 17.8. The molecule has 0 spiro atoms. The summed E-state index contributed by atoms with van der Waals surface area (Å²) in [5, 5.41) is 0. The summed E-state index contributed by atoms with van der Waals surface area (Å²) in [6.07, 6.45) is 24.5. The van der Waals surface area contributed by atoms with Crippen LogP contribution in [0.15, 0.2) is 230 Å². The number of hydrogen-bond donors (Lipinski definition) is 0. The molecule has 0 amide bonds. The molecule has 0 saturated carbocycles. The van der Waals surface area contributed by atoms with E-state index in [0.29, 0.717) is 0 Å². The third-order valence-corrected chi connectivity index (χ3v) is 11.5. The Hall–Kier alpha value is -7.21. The van der Waals surface area contributed by atoms with Crippen LogP contribution in [0.4, 0.5) is 5.69 Å². The van der Waals surface area contributed by atoms with Crippen LogP contribution in [0.2, 0.25) is 0 Å². The second-order valence-electron chi connectivity index (χ2n) is 17.3. The van der Waals surface area contributed by atoms with Crippen molar-refractivity contribution >= 4 is 28.1 Å². The van der Waals surface area contributed by atoms with Gasteiger partial charge in [-0.15, -0.1) is 5.92 Å². The summed E-state index contributed by atoms with van der Waals surface area (Å²) in [7, 11) is 0. The molecule has 0 bridgehead atoms. The first-order valence-electron chi connectivity index (χ1n) is 24.8. The van der Waals surface area contributed by atoms with Gasteiger partial charge in [0.05, 0.1) is 6.04 Å². The van der Waals surface area contributed by atoms with Gasteiger partial charge in [0, 0.05) is 29.6 Å². The van der Waals surface area contributed by atoms with Crippen LogP contribution in [-0.4, -0.2) is 11.8 Å². The number of hydrogen-bond acceptors (Lipinski definition) is 2. The van der Waals surface area contributed by atoms with Gasteiger partial charge in [0.1, 0.15) is 6.04 Å². The molecule has 0 radical (unpaired) electrons. The third kappa shape index (κ3) is 16.5. The van der Waals surface area contributed by atoms with Gasteiger partial charge in [-0.3, -0.25) is 4.99 Å². The second kappa shape index (κ2) is 29.5. The van der Waals surface area contributed by atoms with Gasteiger partial charge in [-0.1, -0.05) is 241 Å². The van der Waals surface area contributed by atoms with Gasteiger partial charge in [0.25, 0.3) is 0 Å². The smallest absolute Gasteiger partial charge is 0.136 e. The van der Waals surface area contributed by atoms with Gasteiger partial charge >= 0.3 is 0 Å². The third-order valence-electron chi connectivity index (χ3n) is 11.5. The van der Waals surface area contributed by atoms with Crippen LogP contribution in [0.25, 0.3) is 16.7 Å². The predicted molar refractivity (Wildman–Crippen MR) is 307 cm³/mol. The molecule has 0 saturated heterocycles. The van der Waals surface area contributed by atoms with Gasteiger partial charge in [0.15, 0.2) is 0 Å². The highest BCUT2D eigenvalue weighted by molar-refractivity contribution is 5.99. The van der Waals surface area contributed by atoms with Crippen LogP contribution in [0.5, 0.6) is 0 Å². The topological polar surface area (TPSA) is 15.6 Å². The number of fused-ring (bicyclic) bond motifs is 1. The second-order valence-corrected chi connectivity index (χ2v) is 17.3. The Morgan fingerprint density at radius 1 is 0.797 bits per heavy atom. The zero-order valence-electron chi connectivity index (χ0n) is 43.1. The number of rotatable bonds is 11. The van der Waals surface area contributed by atoms with Crippen molar-refractivity contribution in [3.05, 3.63) is 264 Å². The summed E-state index contributed by atoms with van der Waals surface area (Å²) in [5.74, 6) is 6.52. The van der Waals surface area contributed by atoms with Gasteiger partial charge in [-0.2, -0.15) is 0 Å². The number of benzene rings is 5. The van der Waals surface area contributed by atoms with Crippen molar-refractivity contribution in [2.75, 3.05) is 4.90 Å². The Bertz CT molecular complexity index is 2740. The predicted octanol–water partition coefficient (Wildman–Crippen LogP) is 18.5. The Morgan fingerprint density at radius 2 is 1.43 bits per heavy atom. The highest BCUT2D eigenvalue weighted by Crippen LogP contribution is 2.40. The first-order valence-corrected chi connectivity index (χ1v) is 24.8. The van der Waals surface area contributed by atoms with Crippen molar-refractivity contribution in [2.45, 2.75) is 107 Å². The van der Waals surface area contributed by atoms with Gasteiger partial charge < -0.3 is 4.90 Å². The molecular formula is C67H76N2. The number of aliphatic imine (C=N–C) groups is 1. The molecule has 2 aliphatic rings. The number of anilines is 1. The number of aryl methyl sites for hydroxylation is 2. The fourth-order valence-electron chi connectivity index (χ4n) is 7.99. The molecule has 5 aromatic rings. The summed E-state index contributed by atoms with van der Waals surface area (Å²) < 4.78 is 0. The minimum atomic E-state index is -0.180. The van der Waals surface area contributed by atoms with E-state index >= 15 is 0 Å². The molecule has 1 heterocycles. The monoisotopic (exact) mass is 909 g/mol. The maximum absolute atomic E-state index is 4.93. The molecule has 7 rings (SSSR count). The van der Waals surface area contributed by atoms with Gasteiger partial charge in [-0.25, -0.2) is 0 Å². The lowest BCUT2D eigenvalue weighted by Gasteiger charge is -2.34. The molecule has 2 heteroatoms. The molecule has 2 nitrogen and oxygen atoms in total. The molecule has 0 N–H and O–H groups in total. The van der Waals surface area contributed by atoms with E-state index in [0.717, 1.165) is 64.8 Å². The van der Waals surface area contributed by atoms with Crippen LogP contribution >= 0.6 is 0 Å². The van der Waals surface area contributed by atoms with Gasteiger partial charge in [0.2, 0.25) is 0 Å². The Balaban J connectivity index is 0.000000253. The highest BCUT2D eigenvalue weighted by atomic mass is 15.1. The standard InChI is InChI=1S/C31H33N.C26H27N.C7H8.C3H8/c1-6-12-25-13-7-8-17-30(25)28-19-20-32(27-15-11-14-26(21-27)22(2)3)31-18-10-9-16-29(31)24(5)23(28)4;1-5-8-19-26(27-21(4)22-15-10-9-11-16-22)25-18-12-17-24(20-25)23(13-6-2)14-7-3;1-7-5-3-2-4-6-7;1-3-2/h7-11,13-14,16-21,27H,2,5-6,12,15H2,1,3-4H3;6-7,9-18,20,26H,2,5H2,1,3-4H3;2-6H,1H3;3H2,1-2H3/b20-19-,28-23+;14-7-,23-13+,27-21?;;. The zero-order valence-corrected chi connectivity index (χ0v) is 43.1. The molecule has 1 aliphatic heterocycles. The molecule has 1 aliphatic carbocycles. The highest BCUT2D eigenvalue weighted by Gasteiger charge is 2.24. The van der Waals surface area contributed by atoms with E-state index in [9.17, 15) is 0 Å². The first kappa shape index (κ1) is 54.4. The normalized spacial score (nSPS) is 16.2. The van der Waals surface area contributed by atoms with Crippen LogP contribution in [0.1, 0.15) is 126 Å². The van der Waals surface area contributed by atoms with Crippen molar-refractivity contribution in [1.29, 1.82) is 0 Å². The lowest BCUT2D eigenvalue weighted by Crippen LogP contribution is -2.31. The number of allylic oxidation sites excluding steroid dienone is 12. The van der Waals surface area contributed by atoms with E-state index in [1.54, 1.807) is 0 Å². The maximum atomic E-state index is 4.93. The SMILES string of the molecule is C=C(C)C1=CC(N2/C=C\C(c3ccccc3CCC)=C(\C)C(=C)c3ccccc32)CC=C1.C=C/C=C(\C=C/C)c1cccc(C(C#CCC)N=C(C)c2ccccc2)c1.CCC.Cc1ccccc1. The number of para-hydroxylation sites is 1. The lowest BCUT2D eigenvalue weighted by molar-refractivity contribution is 0.772. The quantitative estimate of drug-likeness (QED) is 0.0732. The molecule has 2 atom stereocenters. The lowest BCUT2D eigenvalue weighted by atomic mass is 9.87. The van der Waals surface area contributed by atoms with Crippen LogP contribution in [0, 0.1) is 18.8 Å². The molecule has 354 valence electrons. The van der Waals surface area contributed by atoms with Gasteiger partial charge in [-0.05, 0) is 121 Å². The molecule has 5 aromatic carbocycles. The molecular weight excluding hydrogens is 833 g/mol. The summed E-state index contributed by atoms with van der Waals surface area (Å²) in [6, 6.07) is 46.4. The first-order chi connectivity index (χ1) is 33.5. The van der Waals surface area contributed by atoms with E-state index in [1.807, 2.05) is 68.5 Å². The van der Waals surface area contributed by atoms with Crippen molar-refractivity contribution in [3.8, 4) is 11.8 Å². The van der Waals surface area contributed by atoms with Crippen molar-refractivity contribution < 1.29 is 0 Å². The summed E-state index contributed by atoms with van der Waals surface area (Å²) in [4.78, 5) is 7.34. The van der Waals surface area contributed by atoms with Crippen LogP contribution < -0.4 is 4.90 Å².